The lowest BCUT2D eigenvalue weighted by atomic mass is 10.2. The summed E-state index contributed by atoms with van der Waals surface area (Å²) in [7, 11) is 2.04. The van der Waals surface area contributed by atoms with Crippen LogP contribution in [0.15, 0.2) is 18.3 Å². The second-order valence-electron chi connectivity index (χ2n) is 7.35. The van der Waals surface area contributed by atoms with E-state index in [4.69, 9.17) is 11.6 Å². The largest absolute Gasteiger partial charge is 0.346 e. The number of carbonyl (C=O) groups excluding carboxylic acids is 3. The van der Waals surface area contributed by atoms with Gasteiger partial charge in [-0.2, -0.15) is 11.8 Å². The molecule has 12 heteroatoms. The Morgan fingerprint density at radius 1 is 1.31 bits per heavy atom. The average Bonchev–Trinajstić information content (AvgIpc) is 3.20. The summed E-state index contributed by atoms with van der Waals surface area (Å²) < 4.78 is 0. The standard InChI is InChI=1S/C20H25ClN6O3S2/c1-27-7-5-14-15(11-27)32-20(25-14)19(30)24-13(6-8-31-2)10-23-17(28)18(29)26-16-4-3-12(21)9-22-16/h3-4,9,13H,5-8,10-11H2,1-2H3,(H,23,28)(H,24,30)(H,22,26,29). The molecule has 2 aromatic rings. The van der Waals surface area contributed by atoms with Gasteiger partial charge in [0.2, 0.25) is 0 Å². The number of likely N-dealkylation sites (N-methyl/N-ethyl adjacent to an activating group) is 1. The van der Waals surface area contributed by atoms with Crippen molar-refractivity contribution in [2.75, 3.05) is 37.5 Å². The van der Waals surface area contributed by atoms with Crippen LogP contribution in [0.1, 0.15) is 26.8 Å². The van der Waals surface area contributed by atoms with E-state index in [1.807, 2.05) is 13.3 Å². The maximum Gasteiger partial charge on any atom is 0.314 e. The first-order valence-corrected chi connectivity index (χ1v) is 12.6. The first-order valence-electron chi connectivity index (χ1n) is 10.0. The number of thioether (sulfide) groups is 1. The molecule has 9 nitrogen and oxygen atoms in total. The van der Waals surface area contributed by atoms with Gasteiger partial charge in [-0.25, -0.2) is 9.97 Å². The minimum Gasteiger partial charge on any atom is -0.346 e. The summed E-state index contributed by atoms with van der Waals surface area (Å²) >= 11 is 8.81. The number of aromatic nitrogens is 2. The highest BCUT2D eigenvalue weighted by atomic mass is 35.5. The van der Waals surface area contributed by atoms with Gasteiger partial charge < -0.3 is 20.9 Å². The van der Waals surface area contributed by atoms with Crippen molar-refractivity contribution in [2.24, 2.45) is 0 Å². The first-order chi connectivity index (χ1) is 15.4. The molecule has 1 atom stereocenters. The van der Waals surface area contributed by atoms with Gasteiger partial charge >= 0.3 is 11.8 Å². The van der Waals surface area contributed by atoms with E-state index in [0.717, 1.165) is 35.8 Å². The molecule has 1 aliphatic rings. The lowest BCUT2D eigenvalue weighted by Crippen LogP contribution is -2.46. The molecule has 32 heavy (non-hydrogen) atoms. The lowest BCUT2D eigenvalue weighted by molar-refractivity contribution is -0.136. The Bertz CT molecular complexity index is 969. The van der Waals surface area contributed by atoms with Gasteiger partial charge in [0.25, 0.3) is 5.91 Å². The summed E-state index contributed by atoms with van der Waals surface area (Å²) in [6.45, 7) is 1.85. The maximum atomic E-state index is 12.8. The summed E-state index contributed by atoms with van der Waals surface area (Å²) in [4.78, 5) is 48.8. The van der Waals surface area contributed by atoms with Crippen LogP contribution in [0.25, 0.3) is 0 Å². The number of rotatable bonds is 8. The van der Waals surface area contributed by atoms with E-state index in [2.05, 4.69) is 30.8 Å². The van der Waals surface area contributed by atoms with Gasteiger partial charge in [-0.05, 0) is 37.6 Å². The number of fused-ring (bicyclic) bond motifs is 1. The van der Waals surface area contributed by atoms with Crippen LogP contribution in [0.4, 0.5) is 5.82 Å². The molecule has 0 spiro atoms. The van der Waals surface area contributed by atoms with Crippen LogP contribution in [0.5, 0.6) is 0 Å². The number of nitrogens with zero attached hydrogens (tertiary/aromatic N) is 3. The molecule has 2 aromatic heterocycles. The maximum absolute atomic E-state index is 12.8. The normalized spacial score (nSPS) is 14.3. The average molecular weight is 497 g/mol. The van der Waals surface area contributed by atoms with E-state index in [1.165, 1.54) is 23.6 Å². The summed E-state index contributed by atoms with van der Waals surface area (Å²) in [6, 6.07) is 2.73. The van der Waals surface area contributed by atoms with Crippen molar-refractivity contribution in [3.05, 3.63) is 38.9 Å². The SMILES string of the molecule is CSCCC(CNC(=O)C(=O)Nc1ccc(Cl)cn1)NC(=O)c1nc2c(s1)CN(C)CC2. The number of anilines is 1. The minimum atomic E-state index is -0.841. The first kappa shape index (κ1) is 24.4. The minimum absolute atomic E-state index is 0.125. The molecule has 0 saturated carbocycles. The number of halogens is 1. The molecular weight excluding hydrogens is 472 g/mol. The van der Waals surface area contributed by atoms with Crippen molar-refractivity contribution < 1.29 is 14.4 Å². The lowest BCUT2D eigenvalue weighted by Gasteiger charge is -2.20. The monoisotopic (exact) mass is 496 g/mol. The van der Waals surface area contributed by atoms with E-state index >= 15 is 0 Å². The van der Waals surface area contributed by atoms with Crippen molar-refractivity contribution >= 4 is 58.2 Å². The van der Waals surface area contributed by atoms with E-state index in [-0.39, 0.29) is 24.3 Å². The van der Waals surface area contributed by atoms with Gasteiger partial charge in [0.15, 0.2) is 5.01 Å². The van der Waals surface area contributed by atoms with Crippen LogP contribution in [0.3, 0.4) is 0 Å². The molecule has 0 radical (unpaired) electrons. The predicted molar refractivity (Wildman–Crippen MR) is 127 cm³/mol. The summed E-state index contributed by atoms with van der Waals surface area (Å²) in [5, 5.41) is 8.79. The molecule has 3 N–H and O–H groups in total. The van der Waals surface area contributed by atoms with Gasteiger partial charge in [-0.1, -0.05) is 11.6 Å². The number of amides is 3. The third kappa shape index (κ3) is 6.89. The molecule has 0 aliphatic carbocycles. The Morgan fingerprint density at radius 3 is 2.84 bits per heavy atom. The van der Waals surface area contributed by atoms with Gasteiger partial charge in [0.1, 0.15) is 5.82 Å². The van der Waals surface area contributed by atoms with Crippen LogP contribution in [-0.4, -0.2) is 70.8 Å². The highest BCUT2D eigenvalue weighted by Crippen LogP contribution is 2.24. The highest BCUT2D eigenvalue weighted by molar-refractivity contribution is 7.98. The van der Waals surface area contributed by atoms with Crippen LogP contribution in [-0.2, 0) is 22.6 Å². The molecule has 0 aromatic carbocycles. The molecule has 0 bridgehead atoms. The zero-order valence-electron chi connectivity index (χ0n) is 17.8. The van der Waals surface area contributed by atoms with Crippen molar-refractivity contribution in [3.8, 4) is 0 Å². The van der Waals surface area contributed by atoms with Crippen LogP contribution in [0, 0.1) is 0 Å². The Morgan fingerprint density at radius 2 is 2.12 bits per heavy atom. The predicted octanol–water partition coefficient (Wildman–Crippen LogP) is 1.79. The van der Waals surface area contributed by atoms with E-state index in [9.17, 15) is 14.4 Å². The van der Waals surface area contributed by atoms with Crippen molar-refractivity contribution in [2.45, 2.75) is 25.4 Å². The van der Waals surface area contributed by atoms with Gasteiger partial charge in [0.05, 0.1) is 10.7 Å². The van der Waals surface area contributed by atoms with Gasteiger partial charge in [-0.15, -0.1) is 11.3 Å². The Labute approximate surface area is 199 Å². The van der Waals surface area contributed by atoms with Crippen molar-refractivity contribution in [1.29, 1.82) is 0 Å². The van der Waals surface area contributed by atoms with Crippen LogP contribution >= 0.6 is 34.7 Å². The molecule has 0 fully saturated rings. The van der Waals surface area contributed by atoms with Crippen molar-refractivity contribution in [1.82, 2.24) is 25.5 Å². The highest BCUT2D eigenvalue weighted by Gasteiger charge is 2.23. The number of hydrogen-bond acceptors (Lipinski definition) is 8. The summed E-state index contributed by atoms with van der Waals surface area (Å²) in [5.74, 6) is -0.896. The number of hydrogen-bond donors (Lipinski definition) is 3. The fourth-order valence-corrected chi connectivity index (χ4v) is 4.80. The zero-order chi connectivity index (χ0) is 23.1. The number of pyridine rings is 1. The molecule has 1 unspecified atom stereocenters. The van der Waals surface area contributed by atoms with Crippen LogP contribution in [0.2, 0.25) is 5.02 Å². The topological polar surface area (TPSA) is 116 Å². The number of carbonyl (C=O) groups is 3. The Balaban J connectivity index is 1.55. The molecule has 172 valence electrons. The smallest absolute Gasteiger partial charge is 0.314 e. The molecule has 0 saturated heterocycles. The number of thiazole rings is 1. The van der Waals surface area contributed by atoms with Crippen molar-refractivity contribution in [3.63, 3.8) is 0 Å². The third-order valence-electron chi connectivity index (χ3n) is 4.81. The van der Waals surface area contributed by atoms with Crippen LogP contribution < -0.4 is 16.0 Å². The van der Waals surface area contributed by atoms with Gasteiger partial charge in [-0.3, -0.25) is 14.4 Å². The van der Waals surface area contributed by atoms with E-state index < -0.39 is 11.8 Å². The molecule has 3 rings (SSSR count). The Hall–Kier alpha value is -2.21. The Kier molecular flexibility index (Phi) is 8.85. The van der Waals surface area contributed by atoms with E-state index in [0.29, 0.717) is 16.5 Å². The van der Waals surface area contributed by atoms with Gasteiger partial charge in [0, 0.05) is 43.2 Å². The summed E-state index contributed by atoms with van der Waals surface area (Å²) in [6.07, 6.45) is 4.81. The zero-order valence-corrected chi connectivity index (χ0v) is 20.2. The second kappa shape index (κ2) is 11.6. The second-order valence-corrected chi connectivity index (χ2v) is 9.86. The molecule has 3 heterocycles. The fraction of sp³-hybridized carbons (Fsp3) is 0.450. The quantitative estimate of drug-likeness (QED) is 0.477. The third-order valence-corrected chi connectivity index (χ3v) is 6.75. The number of nitrogens with one attached hydrogen (secondary N) is 3. The molecule has 1 aliphatic heterocycles. The molecule has 3 amide bonds. The summed E-state index contributed by atoms with van der Waals surface area (Å²) in [5.41, 5.74) is 0.986. The molecular formula is C20H25ClN6O3S2. The fourth-order valence-electron chi connectivity index (χ4n) is 3.07. The van der Waals surface area contributed by atoms with E-state index in [1.54, 1.807) is 17.8 Å².